The van der Waals surface area contributed by atoms with E-state index in [1.807, 2.05) is 0 Å². The van der Waals surface area contributed by atoms with Gasteiger partial charge in [-0.25, -0.2) is 0 Å². The van der Waals surface area contributed by atoms with Crippen molar-refractivity contribution in [3.05, 3.63) is 15.9 Å². The molecule has 21 heavy (non-hydrogen) atoms. The number of nitrogens with one attached hydrogen (secondary N) is 1. The Kier molecular flexibility index (Phi) is 9.25. The maximum absolute atomic E-state index is 4.63. The summed E-state index contributed by atoms with van der Waals surface area (Å²) in [6, 6.07) is 0. The van der Waals surface area contributed by atoms with Crippen LogP contribution in [0.15, 0.2) is 4.47 Å². The van der Waals surface area contributed by atoms with Crippen LogP contribution in [-0.4, -0.2) is 16.3 Å². The molecule has 0 fully saturated rings. The minimum Gasteiger partial charge on any atom is -0.311 e. The molecule has 0 unspecified atom stereocenters. The Morgan fingerprint density at radius 3 is 2.48 bits per heavy atom. The Labute approximate surface area is 139 Å². The molecule has 0 atom stereocenters. The first-order valence-corrected chi connectivity index (χ1v) is 9.34. The number of unbranched alkanes of at least 4 members (excludes halogenated alkanes) is 3. The number of halogens is 1. The van der Waals surface area contributed by atoms with E-state index in [4.69, 9.17) is 0 Å². The molecule has 0 radical (unpaired) electrons. The van der Waals surface area contributed by atoms with Gasteiger partial charge >= 0.3 is 0 Å². The second-order valence-corrected chi connectivity index (χ2v) is 6.94. The van der Waals surface area contributed by atoms with E-state index >= 15 is 0 Å². The summed E-state index contributed by atoms with van der Waals surface area (Å²) in [6.45, 7) is 11.9. The van der Waals surface area contributed by atoms with E-state index in [1.54, 1.807) is 0 Å². The van der Waals surface area contributed by atoms with Crippen LogP contribution in [0.2, 0.25) is 0 Å². The molecule has 0 amide bonds. The first-order chi connectivity index (χ1) is 10.1. The van der Waals surface area contributed by atoms with Gasteiger partial charge in [-0.05, 0) is 48.2 Å². The molecular weight excluding hydrogens is 326 g/mol. The van der Waals surface area contributed by atoms with Gasteiger partial charge in [0.05, 0.1) is 15.9 Å². The second kappa shape index (κ2) is 10.4. The average Bonchev–Trinajstić information content (AvgIpc) is 2.77. The molecule has 1 aromatic heterocycles. The summed E-state index contributed by atoms with van der Waals surface area (Å²) in [6.07, 6.45) is 7.72. The molecule has 0 spiro atoms. The molecule has 1 heterocycles. The number of rotatable bonds is 11. The zero-order valence-corrected chi connectivity index (χ0v) is 15.8. The fourth-order valence-corrected chi connectivity index (χ4v) is 3.25. The molecular formula is C17H32BrN3. The Hall–Kier alpha value is -0.350. The highest BCUT2D eigenvalue weighted by atomic mass is 79.9. The fourth-order valence-electron chi connectivity index (χ4n) is 2.55. The van der Waals surface area contributed by atoms with Crippen molar-refractivity contribution in [1.82, 2.24) is 15.1 Å². The van der Waals surface area contributed by atoms with Crippen LogP contribution >= 0.6 is 15.9 Å². The van der Waals surface area contributed by atoms with E-state index in [2.05, 4.69) is 58.7 Å². The zero-order valence-electron chi connectivity index (χ0n) is 14.2. The highest BCUT2D eigenvalue weighted by molar-refractivity contribution is 9.10. The van der Waals surface area contributed by atoms with Crippen LogP contribution in [0.4, 0.5) is 0 Å². The average molecular weight is 358 g/mol. The maximum Gasteiger partial charge on any atom is 0.0767 e. The van der Waals surface area contributed by atoms with Gasteiger partial charge in [0, 0.05) is 13.1 Å². The van der Waals surface area contributed by atoms with Gasteiger partial charge in [-0.3, -0.25) is 4.68 Å². The summed E-state index contributed by atoms with van der Waals surface area (Å²) in [5.74, 6) is 0.850. The van der Waals surface area contributed by atoms with Crippen LogP contribution in [0, 0.1) is 5.92 Å². The quantitative estimate of drug-likeness (QED) is 0.569. The van der Waals surface area contributed by atoms with Crippen LogP contribution in [0.3, 0.4) is 0 Å². The first-order valence-electron chi connectivity index (χ1n) is 8.54. The third kappa shape index (κ3) is 6.52. The molecule has 1 aromatic rings. The summed E-state index contributed by atoms with van der Waals surface area (Å²) in [4.78, 5) is 0. The maximum atomic E-state index is 4.63. The molecule has 4 heteroatoms. The van der Waals surface area contributed by atoms with Gasteiger partial charge < -0.3 is 5.32 Å². The number of aryl methyl sites for hydroxylation is 2. The molecule has 3 nitrogen and oxygen atoms in total. The van der Waals surface area contributed by atoms with Gasteiger partial charge in [-0.1, -0.05) is 46.5 Å². The summed E-state index contributed by atoms with van der Waals surface area (Å²) in [5.41, 5.74) is 2.46. The second-order valence-electron chi connectivity index (χ2n) is 6.15. The van der Waals surface area contributed by atoms with Gasteiger partial charge in [0.1, 0.15) is 0 Å². The van der Waals surface area contributed by atoms with E-state index in [1.165, 1.54) is 48.0 Å². The molecule has 0 saturated carbocycles. The highest BCUT2D eigenvalue weighted by Gasteiger charge is 2.12. The Bertz CT molecular complexity index is 399. The lowest BCUT2D eigenvalue weighted by atomic mass is 10.0. The topological polar surface area (TPSA) is 29.9 Å². The molecule has 0 bridgehead atoms. The van der Waals surface area contributed by atoms with Crippen LogP contribution in [0.5, 0.6) is 0 Å². The van der Waals surface area contributed by atoms with E-state index in [0.29, 0.717) is 0 Å². The smallest absolute Gasteiger partial charge is 0.0767 e. The molecule has 0 aromatic carbocycles. The third-order valence-corrected chi connectivity index (χ3v) is 4.79. The summed E-state index contributed by atoms with van der Waals surface area (Å²) < 4.78 is 3.30. The highest BCUT2D eigenvalue weighted by Crippen LogP contribution is 2.22. The standard InChI is InChI=1S/C17H32BrN3/c1-5-15-17(18)16(21(6-2)20-15)13-19-12-10-8-7-9-11-14(3)4/h14,19H,5-13H2,1-4H3. The van der Waals surface area contributed by atoms with Crippen molar-refractivity contribution >= 4 is 15.9 Å². The lowest BCUT2D eigenvalue weighted by Crippen LogP contribution is -2.18. The number of nitrogens with zero attached hydrogens (tertiary/aromatic N) is 2. The number of hydrogen-bond donors (Lipinski definition) is 1. The van der Waals surface area contributed by atoms with Crippen molar-refractivity contribution in [2.24, 2.45) is 5.92 Å². The van der Waals surface area contributed by atoms with E-state index in [9.17, 15) is 0 Å². The van der Waals surface area contributed by atoms with Crippen LogP contribution in [0.1, 0.15) is 71.2 Å². The van der Waals surface area contributed by atoms with Crippen LogP contribution < -0.4 is 5.32 Å². The Morgan fingerprint density at radius 1 is 1.14 bits per heavy atom. The van der Waals surface area contributed by atoms with Gasteiger partial charge in [-0.2, -0.15) is 5.10 Å². The minimum atomic E-state index is 0.850. The van der Waals surface area contributed by atoms with Gasteiger partial charge in [0.15, 0.2) is 0 Å². The van der Waals surface area contributed by atoms with Crippen molar-refractivity contribution in [2.45, 2.75) is 79.3 Å². The monoisotopic (exact) mass is 357 g/mol. The Balaban J connectivity index is 2.22. The minimum absolute atomic E-state index is 0.850. The predicted octanol–water partition coefficient (Wildman–Crippen LogP) is 4.92. The van der Waals surface area contributed by atoms with Crippen molar-refractivity contribution in [1.29, 1.82) is 0 Å². The molecule has 0 aliphatic carbocycles. The number of aromatic nitrogens is 2. The molecule has 122 valence electrons. The summed E-state index contributed by atoms with van der Waals surface area (Å²) >= 11 is 3.70. The third-order valence-electron chi connectivity index (χ3n) is 3.87. The van der Waals surface area contributed by atoms with Gasteiger partial charge in [0.25, 0.3) is 0 Å². The fraction of sp³-hybridized carbons (Fsp3) is 0.824. The molecule has 0 saturated heterocycles. The predicted molar refractivity (Wildman–Crippen MR) is 94.6 cm³/mol. The normalized spacial score (nSPS) is 11.5. The van der Waals surface area contributed by atoms with E-state index in [0.717, 1.165) is 32.0 Å². The van der Waals surface area contributed by atoms with Crippen LogP contribution in [-0.2, 0) is 19.5 Å². The van der Waals surface area contributed by atoms with Crippen molar-refractivity contribution in [3.8, 4) is 0 Å². The van der Waals surface area contributed by atoms with E-state index < -0.39 is 0 Å². The molecule has 1 N–H and O–H groups in total. The molecule has 1 rings (SSSR count). The Morgan fingerprint density at radius 2 is 1.86 bits per heavy atom. The summed E-state index contributed by atoms with van der Waals surface area (Å²) in [5, 5.41) is 8.20. The lowest BCUT2D eigenvalue weighted by molar-refractivity contribution is 0.508. The van der Waals surface area contributed by atoms with Crippen molar-refractivity contribution in [2.75, 3.05) is 6.54 Å². The molecule has 0 aliphatic rings. The zero-order chi connectivity index (χ0) is 15.7. The van der Waals surface area contributed by atoms with E-state index in [-0.39, 0.29) is 0 Å². The van der Waals surface area contributed by atoms with Gasteiger partial charge in [-0.15, -0.1) is 0 Å². The van der Waals surface area contributed by atoms with Crippen molar-refractivity contribution in [3.63, 3.8) is 0 Å². The van der Waals surface area contributed by atoms with Gasteiger partial charge in [0.2, 0.25) is 0 Å². The number of hydrogen-bond acceptors (Lipinski definition) is 2. The SMILES string of the molecule is CCc1nn(CC)c(CNCCCCCCC(C)C)c1Br. The first kappa shape index (κ1) is 18.7. The molecule has 0 aliphatic heterocycles. The lowest BCUT2D eigenvalue weighted by Gasteiger charge is -2.08. The van der Waals surface area contributed by atoms with Crippen LogP contribution in [0.25, 0.3) is 0 Å². The summed E-state index contributed by atoms with van der Waals surface area (Å²) in [7, 11) is 0. The largest absolute Gasteiger partial charge is 0.311 e. The van der Waals surface area contributed by atoms with Crippen molar-refractivity contribution < 1.29 is 0 Å².